The Morgan fingerprint density at radius 2 is 2.24 bits per heavy atom. The Kier molecular flexibility index (Phi) is 4.45. The van der Waals surface area contributed by atoms with Crippen LogP contribution in [0, 0.1) is 5.92 Å². The fourth-order valence-electron chi connectivity index (χ4n) is 2.41. The van der Waals surface area contributed by atoms with E-state index < -0.39 is 0 Å². The first-order valence-corrected chi connectivity index (χ1v) is 6.41. The molecule has 1 aromatic rings. The van der Waals surface area contributed by atoms with Crippen LogP contribution in [0.4, 0.5) is 0 Å². The summed E-state index contributed by atoms with van der Waals surface area (Å²) in [5.74, 6) is 0.530. The average molecular weight is 235 g/mol. The molecule has 2 rings (SSSR count). The zero-order chi connectivity index (χ0) is 12.1. The lowest BCUT2D eigenvalue weighted by molar-refractivity contribution is 0.117. The van der Waals surface area contributed by atoms with Gasteiger partial charge >= 0.3 is 0 Å². The molecule has 1 aromatic heterocycles. The summed E-state index contributed by atoms with van der Waals surface area (Å²) in [6, 6.07) is 0.320. The maximum Gasteiger partial charge on any atom is 0.115 e. The van der Waals surface area contributed by atoms with Gasteiger partial charge in [0.1, 0.15) is 6.33 Å². The fraction of sp³-hybridized carbons (Fsp3) is 0.692. The quantitative estimate of drug-likeness (QED) is 0.847. The van der Waals surface area contributed by atoms with Crippen molar-refractivity contribution >= 4 is 0 Å². The SMILES string of the molecule is CCCNC(c1cncnc1)C1COC(C)C1. The van der Waals surface area contributed by atoms with Crippen LogP contribution in [0.2, 0.25) is 0 Å². The zero-order valence-electron chi connectivity index (χ0n) is 10.6. The van der Waals surface area contributed by atoms with Gasteiger partial charge in [-0.3, -0.25) is 0 Å². The Bertz CT molecular complexity index is 331. The number of aromatic nitrogens is 2. The number of hydrogen-bond donors (Lipinski definition) is 1. The molecule has 1 aliphatic rings. The molecule has 0 aliphatic carbocycles. The average Bonchev–Trinajstić information content (AvgIpc) is 2.78. The van der Waals surface area contributed by atoms with Gasteiger partial charge in [-0.15, -0.1) is 0 Å². The third-order valence-electron chi connectivity index (χ3n) is 3.25. The van der Waals surface area contributed by atoms with Crippen molar-refractivity contribution in [1.29, 1.82) is 0 Å². The van der Waals surface area contributed by atoms with Crippen molar-refractivity contribution in [1.82, 2.24) is 15.3 Å². The van der Waals surface area contributed by atoms with E-state index in [2.05, 4.69) is 29.1 Å². The highest BCUT2D eigenvalue weighted by atomic mass is 16.5. The van der Waals surface area contributed by atoms with Gasteiger partial charge in [-0.25, -0.2) is 9.97 Å². The summed E-state index contributed by atoms with van der Waals surface area (Å²) in [6.45, 7) is 6.17. The second-order valence-electron chi connectivity index (χ2n) is 4.74. The molecule has 0 radical (unpaired) electrons. The summed E-state index contributed by atoms with van der Waals surface area (Å²) < 4.78 is 5.67. The van der Waals surface area contributed by atoms with Crippen LogP contribution in [0.3, 0.4) is 0 Å². The van der Waals surface area contributed by atoms with Crippen LogP contribution < -0.4 is 5.32 Å². The maximum absolute atomic E-state index is 5.67. The van der Waals surface area contributed by atoms with Gasteiger partial charge in [-0.1, -0.05) is 6.92 Å². The van der Waals surface area contributed by atoms with Crippen molar-refractivity contribution in [3.63, 3.8) is 0 Å². The summed E-state index contributed by atoms with van der Waals surface area (Å²) in [6.07, 6.45) is 8.00. The molecule has 1 aliphatic heterocycles. The highest BCUT2D eigenvalue weighted by Gasteiger charge is 2.30. The van der Waals surface area contributed by atoms with Gasteiger partial charge in [0.2, 0.25) is 0 Å². The van der Waals surface area contributed by atoms with E-state index in [0.29, 0.717) is 18.1 Å². The lowest BCUT2D eigenvalue weighted by Gasteiger charge is -2.23. The molecule has 17 heavy (non-hydrogen) atoms. The number of hydrogen-bond acceptors (Lipinski definition) is 4. The van der Waals surface area contributed by atoms with Crippen LogP contribution in [0.15, 0.2) is 18.7 Å². The largest absolute Gasteiger partial charge is 0.378 e. The third-order valence-corrected chi connectivity index (χ3v) is 3.25. The fourth-order valence-corrected chi connectivity index (χ4v) is 2.41. The maximum atomic E-state index is 5.67. The Morgan fingerprint density at radius 3 is 2.82 bits per heavy atom. The summed E-state index contributed by atoms with van der Waals surface area (Å²) in [7, 11) is 0. The monoisotopic (exact) mass is 235 g/mol. The van der Waals surface area contributed by atoms with Gasteiger partial charge in [-0.05, 0) is 26.3 Å². The predicted molar refractivity (Wildman–Crippen MR) is 66.6 cm³/mol. The highest BCUT2D eigenvalue weighted by molar-refractivity contribution is 5.11. The minimum Gasteiger partial charge on any atom is -0.378 e. The van der Waals surface area contributed by atoms with Gasteiger partial charge in [0.05, 0.1) is 12.7 Å². The van der Waals surface area contributed by atoms with Gasteiger partial charge < -0.3 is 10.1 Å². The van der Waals surface area contributed by atoms with Crippen LogP contribution >= 0.6 is 0 Å². The van der Waals surface area contributed by atoms with Crippen molar-refractivity contribution in [3.05, 3.63) is 24.3 Å². The molecule has 0 bridgehead atoms. The molecule has 1 saturated heterocycles. The molecule has 0 spiro atoms. The van der Waals surface area contributed by atoms with Crippen LogP contribution in [-0.4, -0.2) is 29.2 Å². The normalized spacial score (nSPS) is 26.0. The summed E-state index contributed by atoms with van der Waals surface area (Å²) in [4.78, 5) is 8.22. The summed E-state index contributed by atoms with van der Waals surface area (Å²) in [5.41, 5.74) is 1.17. The van der Waals surface area contributed by atoms with Crippen molar-refractivity contribution in [2.24, 2.45) is 5.92 Å². The Morgan fingerprint density at radius 1 is 1.47 bits per heavy atom. The Balaban J connectivity index is 2.08. The van der Waals surface area contributed by atoms with Crippen LogP contribution in [-0.2, 0) is 4.74 Å². The van der Waals surface area contributed by atoms with Gasteiger partial charge in [0, 0.05) is 29.9 Å². The predicted octanol–water partition coefficient (Wildman–Crippen LogP) is 1.94. The molecule has 0 aromatic carbocycles. The summed E-state index contributed by atoms with van der Waals surface area (Å²) >= 11 is 0. The minimum absolute atomic E-state index is 0.320. The smallest absolute Gasteiger partial charge is 0.115 e. The van der Waals surface area contributed by atoms with Crippen LogP contribution in [0.5, 0.6) is 0 Å². The molecular weight excluding hydrogens is 214 g/mol. The van der Waals surface area contributed by atoms with E-state index in [4.69, 9.17) is 4.74 Å². The van der Waals surface area contributed by atoms with Gasteiger partial charge in [0.25, 0.3) is 0 Å². The first-order chi connectivity index (χ1) is 8.31. The molecule has 4 nitrogen and oxygen atoms in total. The van der Waals surface area contributed by atoms with Crippen molar-refractivity contribution in [3.8, 4) is 0 Å². The number of rotatable bonds is 5. The third kappa shape index (κ3) is 3.23. The number of nitrogens with one attached hydrogen (secondary N) is 1. The van der Waals surface area contributed by atoms with Crippen molar-refractivity contribution in [2.45, 2.75) is 38.8 Å². The standard InChI is InChI=1S/C13H21N3O/c1-3-4-16-13(11-5-10(2)17-8-11)12-6-14-9-15-7-12/h6-7,9-11,13,16H,3-5,8H2,1-2H3. The van der Waals surface area contributed by atoms with E-state index in [9.17, 15) is 0 Å². The number of nitrogens with zero attached hydrogens (tertiary/aromatic N) is 2. The molecule has 0 saturated carbocycles. The van der Waals surface area contributed by atoms with E-state index in [1.165, 1.54) is 5.56 Å². The molecule has 94 valence electrons. The van der Waals surface area contributed by atoms with E-state index in [1.807, 2.05) is 12.4 Å². The van der Waals surface area contributed by atoms with Gasteiger partial charge in [0.15, 0.2) is 0 Å². The Hall–Kier alpha value is -1.00. The van der Waals surface area contributed by atoms with Crippen molar-refractivity contribution in [2.75, 3.05) is 13.2 Å². The van der Waals surface area contributed by atoms with E-state index in [0.717, 1.165) is 26.0 Å². The van der Waals surface area contributed by atoms with Crippen LogP contribution in [0.1, 0.15) is 38.3 Å². The minimum atomic E-state index is 0.320. The molecule has 0 amide bonds. The number of ether oxygens (including phenoxy) is 1. The zero-order valence-corrected chi connectivity index (χ0v) is 10.6. The van der Waals surface area contributed by atoms with E-state index >= 15 is 0 Å². The molecule has 2 heterocycles. The molecule has 3 atom stereocenters. The first kappa shape index (κ1) is 12.5. The second-order valence-corrected chi connectivity index (χ2v) is 4.74. The molecular formula is C13H21N3O. The molecule has 3 unspecified atom stereocenters. The van der Waals surface area contributed by atoms with E-state index in [-0.39, 0.29) is 0 Å². The molecule has 4 heteroatoms. The lowest BCUT2D eigenvalue weighted by atomic mass is 9.92. The first-order valence-electron chi connectivity index (χ1n) is 6.41. The summed E-state index contributed by atoms with van der Waals surface area (Å²) in [5, 5.41) is 3.59. The lowest BCUT2D eigenvalue weighted by Crippen LogP contribution is -2.29. The topological polar surface area (TPSA) is 47.0 Å². The molecule has 1 fully saturated rings. The van der Waals surface area contributed by atoms with Crippen molar-refractivity contribution < 1.29 is 4.74 Å². The second kappa shape index (κ2) is 6.07. The van der Waals surface area contributed by atoms with Crippen LogP contribution in [0.25, 0.3) is 0 Å². The highest BCUT2D eigenvalue weighted by Crippen LogP contribution is 2.31. The Labute approximate surface area is 103 Å². The van der Waals surface area contributed by atoms with Gasteiger partial charge in [-0.2, -0.15) is 0 Å². The molecule has 1 N–H and O–H groups in total. The van der Waals surface area contributed by atoms with E-state index in [1.54, 1.807) is 6.33 Å².